The zero-order valence-corrected chi connectivity index (χ0v) is 41.3. The van der Waals surface area contributed by atoms with Crippen LogP contribution in [0.4, 0.5) is 0 Å². The maximum atomic E-state index is 11.7. The van der Waals surface area contributed by atoms with Crippen LogP contribution in [0.1, 0.15) is 33.4 Å². The van der Waals surface area contributed by atoms with Crippen molar-refractivity contribution < 1.29 is 36.1 Å². The number of likely N-dealkylation sites (N-methyl/N-ethyl adjacent to an activating group) is 2. The van der Waals surface area contributed by atoms with Gasteiger partial charge in [0.05, 0.1) is 33.4 Å². The average Bonchev–Trinajstić information content (AvgIpc) is 3.82. The zero-order valence-electron chi connectivity index (χ0n) is 37.7. The summed E-state index contributed by atoms with van der Waals surface area (Å²) in [5, 5.41) is 28.2. The van der Waals surface area contributed by atoms with Crippen LogP contribution in [0.2, 0.25) is 0 Å². The first kappa shape index (κ1) is 46.5. The number of benzene rings is 8. The maximum absolute atomic E-state index is 11.7. The van der Waals surface area contributed by atoms with Gasteiger partial charge in [0.1, 0.15) is 11.5 Å². The van der Waals surface area contributed by atoms with E-state index in [9.17, 15) is 10.2 Å². The molecule has 0 radical (unpaired) electrons. The fourth-order valence-electron chi connectivity index (χ4n) is 8.65. The van der Waals surface area contributed by atoms with E-state index in [1.807, 2.05) is 60.7 Å². The quantitative estimate of drug-likeness (QED) is 0.112. The number of aromatic nitrogens is 2. The molecular formula is C58H56HfN4O2-2. The number of hydrogen-bond acceptors (Lipinski definition) is 4. The molecule has 0 saturated carbocycles. The van der Waals surface area contributed by atoms with Crippen LogP contribution in [0.25, 0.3) is 55.0 Å². The van der Waals surface area contributed by atoms with Gasteiger partial charge in [0, 0.05) is 84.7 Å². The van der Waals surface area contributed by atoms with Gasteiger partial charge in [-0.05, 0) is 75.5 Å². The van der Waals surface area contributed by atoms with Crippen LogP contribution in [0.3, 0.4) is 0 Å². The second kappa shape index (κ2) is 21.0. The van der Waals surface area contributed by atoms with Gasteiger partial charge in [0.2, 0.25) is 0 Å². The number of rotatable bonds is 9. The Morgan fingerprint density at radius 3 is 0.969 bits per heavy atom. The van der Waals surface area contributed by atoms with Crippen LogP contribution < -0.4 is 0 Å². The molecule has 6 nitrogen and oxygen atoms in total. The van der Waals surface area contributed by atoms with Gasteiger partial charge in [-0.1, -0.05) is 97.1 Å². The molecule has 0 amide bonds. The molecule has 2 N–H and O–H groups in total. The standard InChI is InChI=1S/C44H42N4O2.2C7H7.Hf/c1-29-23-31(43(49)41(25-29)47-37-17-9-5-13-33(37)34-14-6-10-18-38(34)47)27-45(3)21-22-46(4)28-32-24-30(2)26-42(44(32)50)48-39-19-11-7-15-35(39)36-16-8-12-20-40(36)48;2*1-7-5-3-2-4-6-7;/h5-20,23-26,49-50H,21-22,27-28H2,1-4H3;2*2-6H,1H2;/q;2*-1;. The summed E-state index contributed by atoms with van der Waals surface area (Å²) in [5.74, 6) is 0.620. The van der Waals surface area contributed by atoms with Crippen molar-refractivity contribution >= 4 is 43.6 Å². The van der Waals surface area contributed by atoms with Crippen molar-refractivity contribution in [2.24, 2.45) is 0 Å². The summed E-state index contributed by atoms with van der Waals surface area (Å²) >= 11 is 0. The Kier molecular flexibility index (Phi) is 15.0. The molecule has 2 aromatic heterocycles. The molecule has 0 aliphatic carbocycles. The number of phenols is 2. The molecule has 0 aliphatic rings. The maximum Gasteiger partial charge on any atom is 0.144 e. The van der Waals surface area contributed by atoms with Crippen molar-refractivity contribution in [3.05, 3.63) is 229 Å². The SMILES string of the molecule is Cc1cc(CN(C)CCN(C)Cc2cc(C)cc(-n3c4ccccc4c4ccccc43)c2O)c(O)c(-n2c3ccccc3c3ccccc32)c1.[CH2-]c1ccccc1.[CH2-]c1ccccc1.[Hf]. The van der Waals surface area contributed by atoms with Gasteiger partial charge in [0.15, 0.2) is 0 Å². The van der Waals surface area contributed by atoms with E-state index in [-0.39, 0.29) is 25.8 Å². The molecular weight excluding hydrogens is 963 g/mol. The second-order valence-corrected chi connectivity index (χ2v) is 16.8. The van der Waals surface area contributed by atoms with Crippen LogP contribution in [0.15, 0.2) is 182 Å². The van der Waals surface area contributed by atoms with E-state index in [0.29, 0.717) is 24.6 Å². The first-order chi connectivity index (χ1) is 31.1. The van der Waals surface area contributed by atoms with Gasteiger partial charge < -0.3 is 29.1 Å². The molecule has 0 spiro atoms. The summed E-state index contributed by atoms with van der Waals surface area (Å²) in [6, 6.07) is 61.6. The normalized spacial score (nSPS) is 11.1. The number of phenolic OH excluding ortho intramolecular Hbond substituents is 2. The topological polar surface area (TPSA) is 56.8 Å². The van der Waals surface area contributed by atoms with E-state index in [1.165, 1.54) is 21.5 Å². The minimum atomic E-state index is 0. The Morgan fingerprint density at radius 2 is 0.692 bits per heavy atom. The molecule has 10 aromatic rings. The molecule has 0 aliphatic heterocycles. The molecule has 0 atom stereocenters. The molecule has 0 bridgehead atoms. The van der Waals surface area contributed by atoms with Gasteiger partial charge in [-0.15, -0.1) is 24.3 Å². The molecule has 10 rings (SSSR count). The largest absolute Gasteiger partial charge is 0.505 e. The second-order valence-electron chi connectivity index (χ2n) is 16.8. The van der Waals surface area contributed by atoms with Crippen LogP contribution in [-0.4, -0.2) is 56.3 Å². The number of para-hydroxylation sites is 4. The van der Waals surface area contributed by atoms with Crippen molar-refractivity contribution in [3.8, 4) is 22.9 Å². The van der Waals surface area contributed by atoms with Crippen molar-refractivity contribution in [1.82, 2.24) is 18.9 Å². The van der Waals surface area contributed by atoms with Crippen LogP contribution in [-0.2, 0) is 38.9 Å². The summed E-state index contributed by atoms with van der Waals surface area (Å²) in [6.45, 7) is 14.4. The molecule has 326 valence electrons. The predicted molar refractivity (Wildman–Crippen MR) is 269 cm³/mol. The van der Waals surface area contributed by atoms with Gasteiger partial charge in [-0.2, -0.15) is 49.2 Å². The van der Waals surface area contributed by atoms with Crippen LogP contribution in [0.5, 0.6) is 11.5 Å². The average molecular weight is 1020 g/mol. The Bertz CT molecular complexity index is 2850. The number of fused-ring (bicyclic) bond motifs is 6. The predicted octanol–water partition coefficient (Wildman–Crippen LogP) is 13.2. The van der Waals surface area contributed by atoms with Gasteiger partial charge in [-0.25, -0.2) is 0 Å². The molecule has 65 heavy (non-hydrogen) atoms. The molecule has 7 heteroatoms. The Morgan fingerprint density at radius 1 is 0.415 bits per heavy atom. The van der Waals surface area contributed by atoms with Gasteiger partial charge in [-0.3, -0.25) is 0 Å². The van der Waals surface area contributed by atoms with Crippen molar-refractivity contribution in [3.63, 3.8) is 0 Å². The first-order valence-corrected chi connectivity index (χ1v) is 21.8. The third-order valence-corrected chi connectivity index (χ3v) is 11.7. The molecule has 0 unspecified atom stereocenters. The fourth-order valence-corrected chi connectivity index (χ4v) is 8.65. The van der Waals surface area contributed by atoms with Crippen molar-refractivity contribution in [2.75, 3.05) is 27.2 Å². The Balaban J connectivity index is 0.000000359. The molecule has 0 fully saturated rings. The van der Waals surface area contributed by atoms with E-state index in [1.54, 1.807) is 0 Å². The zero-order chi connectivity index (χ0) is 44.7. The van der Waals surface area contributed by atoms with E-state index in [4.69, 9.17) is 0 Å². The summed E-state index contributed by atoms with van der Waals surface area (Å²) in [5.41, 5.74) is 12.1. The third kappa shape index (κ3) is 10.4. The van der Waals surface area contributed by atoms with E-state index < -0.39 is 0 Å². The summed E-state index contributed by atoms with van der Waals surface area (Å²) in [4.78, 5) is 4.50. The smallest absolute Gasteiger partial charge is 0.144 e. The van der Waals surface area contributed by atoms with Crippen LogP contribution in [0, 0.1) is 27.7 Å². The van der Waals surface area contributed by atoms with E-state index >= 15 is 0 Å². The van der Waals surface area contributed by atoms with Crippen molar-refractivity contribution in [1.29, 1.82) is 0 Å². The number of hydrogen-bond donors (Lipinski definition) is 2. The van der Waals surface area contributed by atoms with E-state index in [2.05, 4.69) is 182 Å². The molecule has 2 heterocycles. The number of nitrogens with zero attached hydrogens (tertiary/aromatic N) is 4. The van der Waals surface area contributed by atoms with Gasteiger partial charge in [0.25, 0.3) is 0 Å². The first-order valence-electron chi connectivity index (χ1n) is 21.8. The fraction of sp³-hybridized carbons (Fsp3) is 0.138. The summed E-state index contributed by atoms with van der Waals surface area (Å²) in [7, 11) is 4.19. The van der Waals surface area contributed by atoms with Crippen molar-refractivity contribution in [2.45, 2.75) is 26.9 Å². The Hall–Kier alpha value is -6.51. The minimum absolute atomic E-state index is 0. The van der Waals surface area contributed by atoms with Gasteiger partial charge >= 0.3 is 0 Å². The summed E-state index contributed by atoms with van der Waals surface area (Å²) in [6.07, 6.45) is 0. The summed E-state index contributed by atoms with van der Waals surface area (Å²) < 4.78 is 4.37. The molecule has 0 saturated heterocycles. The minimum Gasteiger partial charge on any atom is -0.505 e. The monoisotopic (exact) mass is 1020 g/mol. The van der Waals surface area contributed by atoms with E-state index in [0.717, 1.165) is 79.9 Å². The number of aryl methyl sites for hydroxylation is 2. The van der Waals surface area contributed by atoms with Crippen LogP contribution >= 0.6 is 0 Å². The Labute approximate surface area is 402 Å². The third-order valence-electron chi connectivity index (χ3n) is 11.7. The number of aromatic hydroxyl groups is 2. The molecule has 8 aromatic carbocycles.